The molecule has 0 aromatic heterocycles. The Labute approximate surface area is 151 Å². The van der Waals surface area contributed by atoms with Crippen LogP contribution in [0, 0.1) is 0 Å². The fourth-order valence-corrected chi connectivity index (χ4v) is 2.26. The molecule has 22 heavy (non-hydrogen) atoms. The molecule has 0 saturated carbocycles. The topological polar surface area (TPSA) is 80.0 Å². The second-order valence-electron chi connectivity index (χ2n) is 6.48. The number of hydrogen-bond donors (Lipinski definition) is 2. The van der Waals surface area contributed by atoms with Gasteiger partial charge in [0.1, 0.15) is 5.60 Å². The summed E-state index contributed by atoms with van der Waals surface area (Å²) in [6.45, 7) is 9.80. The number of aliphatic imine (C=N–C) groups is 1. The fourth-order valence-electron chi connectivity index (χ4n) is 2.26. The number of amides is 1. The second-order valence-corrected chi connectivity index (χ2v) is 6.48. The summed E-state index contributed by atoms with van der Waals surface area (Å²) in [7, 11) is 0. The number of guanidine groups is 1. The van der Waals surface area contributed by atoms with Crippen LogP contribution in [0.25, 0.3) is 0 Å². The van der Waals surface area contributed by atoms with E-state index < -0.39 is 5.60 Å². The second kappa shape index (κ2) is 10.1. The van der Waals surface area contributed by atoms with Crippen LogP contribution < -0.4 is 11.1 Å². The van der Waals surface area contributed by atoms with E-state index in [1.54, 1.807) is 4.90 Å². The number of carbonyl (C=O) groups excluding carboxylic acids is 1. The van der Waals surface area contributed by atoms with Crippen LogP contribution in [0.4, 0.5) is 4.79 Å². The summed E-state index contributed by atoms with van der Waals surface area (Å²) in [5, 5.41) is 3.05. The summed E-state index contributed by atoms with van der Waals surface area (Å²) >= 11 is 0. The molecule has 130 valence electrons. The number of carbonyl (C=O) groups is 1. The third kappa shape index (κ3) is 8.05. The number of piperidine rings is 1. The molecule has 0 bridgehead atoms. The van der Waals surface area contributed by atoms with E-state index in [0.717, 1.165) is 38.8 Å². The summed E-state index contributed by atoms with van der Waals surface area (Å²) in [5.74, 6) is 0.451. The molecule has 1 unspecified atom stereocenters. The molecule has 0 aliphatic carbocycles. The van der Waals surface area contributed by atoms with Gasteiger partial charge >= 0.3 is 6.09 Å². The maximum Gasteiger partial charge on any atom is 0.410 e. The number of ether oxygens (including phenoxy) is 1. The molecule has 1 amide bonds. The minimum Gasteiger partial charge on any atom is -0.444 e. The zero-order chi connectivity index (χ0) is 15.9. The number of hydrogen-bond acceptors (Lipinski definition) is 3. The lowest BCUT2D eigenvalue weighted by molar-refractivity contribution is 0.0110. The van der Waals surface area contributed by atoms with Gasteiger partial charge in [-0.3, -0.25) is 4.99 Å². The van der Waals surface area contributed by atoms with E-state index in [-0.39, 0.29) is 36.1 Å². The van der Waals surface area contributed by atoms with Crippen molar-refractivity contribution >= 4 is 36.0 Å². The summed E-state index contributed by atoms with van der Waals surface area (Å²) < 4.78 is 5.47. The van der Waals surface area contributed by atoms with Gasteiger partial charge in [-0.25, -0.2) is 4.79 Å². The molecule has 1 saturated heterocycles. The Kier molecular flexibility index (Phi) is 9.79. The predicted octanol–water partition coefficient (Wildman–Crippen LogP) is 2.71. The molecule has 6 nitrogen and oxygen atoms in total. The SMILES string of the molecule is CCCNC(N)=NCC1CCCCN1C(=O)OC(C)(C)C.I. The van der Waals surface area contributed by atoms with Gasteiger partial charge in [-0.1, -0.05) is 6.92 Å². The van der Waals surface area contributed by atoms with Gasteiger partial charge in [0.15, 0.2) is 5.96 Å². The zero-order valence-corrected chi connectivity index (χ0v) is 16.6. The first-order valence-corrected chi connectivity index (χ1v) is 7.87. The van der Waals surface area contributed by atoms with E-state index in [1.165, 1.54) is 0 Å². The van der Waals surface area contributed by atoms with Crippen molar-refractivity contribution in [3.05, 3.63) is 0 Å². The monoisotopic (exact) mass is 426 g/mol. The average molecular weight is 426 g/mol. The molecule has 1 atom stereocenters. The molecule has 1 rings (SSSR count). The normalized spacial score (nSPS) is 19.4. The van der Waals surface area contributed by atoms with Gasteiger partial charge in [-0.15, -0.1) is 24.0 Å². The molecule has 0 radical (unpaired) electrons. The van der Waals surface area contributed by atoms with Gasteiger partial charge in [0, 0.05) is 13.1 Å². The Hall–Kier alpha value is -0.730. The van der Waals surface area contributed by atoms with Gasteiger partial charge in [-0.2, -0.15) is 0 Å². The van der Waals surface area contributed by atoms with E-state index in [2.05, 4.69) is 17.2 Å². The molecule has 0 spiro atoms. The first kappa shape index (κ1) is 21.3. The van der Waals surface area contributed by atoms with Gasteiger partial charge in [0.05, 0.1) is 12.6 Å². The van der Waals surface area contributed by atoms with E-state index in [9.17, 15) is 4.79 Å². The third-order valence-electron chi connectivity index (χ3n) is 3.28. The number of nitrogens with two attached hydrogens (primary N) is 1. The highest BCUT2D eigenvalue weighted by atomic mass is 127. The molecule has 3 N–H and O–H groups in total. The highest BCUT2D eigenvalue weighted by Gasteiger charge is 2.30. The van der Waals surface area contributed by atoms with Gasteiger partial charge < -0.3 is 20.7 Å². The van der Waals surface area contributed by atoms with Crippen LogP contribution in [-0.4, -0.2) is 48.2 Å². The number of rotatable bonds is 4. The van der Waals surface area contributed by atoms with Crippen LogP contribution in [0.3, 0.4) is 0 Å². The van der Waals surface area contributed by atoms with Crippen molar-refractivity contribution in [1.29, 1.82) is 0 Å². The van der Waals surface area contributed by atoms with Crippen LogP contribution in [0.5, 0.6) is 0 Å². The molecule has 1 fully saturated rings. The van der Waals surface area contributed by atoms with Crippen molar-refractivity contribution in [3.8, 4) is 0 Å². The Bertz CT molecular complexity index is 369. The van der Waals surface area contributed by atoms with Crippen LogP contribution >= 0.6 is 24.0 Å². The van der Waals surface area contributed by atoms with E-state index in [4.69, 9.17) is 10.5 Å². The van der Waals surface area contributed by atoms with Gasteiger partial charge in [0.2, 0.25) is 0 Å². The molecule has 1 aliphatic rings. The first-order chi connectivity index (χ1) is 9.83. The Morgan fingerprint density at radius 2 is 2.09 bits per heavy atom. The number of likely N-dealkylation sites (tertiary alicyclic amines) is 1. The lowest BCUT2D eigenvalue weighted by Crippen LogP contribution is -2.48. The van der Waals surface area contributed by atoms with Crippen molar-refractivity contribution in [3.63, 3.8) is 0 Å². The Morgan fingerprint density at radius 1 is 1.41 bits per heavy atom. The highest BCUT2D eigenvalue weighted by Crippen LogP contribution is 2.20. The molecule has 7 heteroatoms. The minimum absolute atomic E-state index is 0. The third-order valence-corrected chi connectivity index (χ3v) is 3.28. The Morgan fingerprint density at radius 3 is 2.68 bits per heavy atom. The summed E-state index contributed by atoms with van der Waals surface area (Å²) in [6, 6.07) is 0.0792. The summed E-state index contributed by atoms with van der Waals surface area (Å²) in [6.07, 6.45) is 3.83. The van der Waals surface area contributed by atoms with E-state index in [0.29, 0.717) is 12.5 Å². The van der Waals surface area contributed by atoms with Crippen LogP contribution in [0.15, 0.2) is 4.99 Å². The maximum absolute atomic E-state index is 12.2. The molecule has 1 heterocycles. The van der Waals surface area contributed by atoms with Crippen molar-refractivity contribution in [2.75, 3.05) is 19.6 Å². The smallest absolute Gasteiger partial charge is 0.410 e. The number of nitrogens with zero attached hydrogens (tertiary/aromatic N) is 2. The van der Waals surface area contributed by atoms with Crippen molar-refractivity contribution in [1.82, 2.24) is 10.2 Å². The molecule has 1 aliphatic heterocycles. The van der Waals surface area contributed by atoms with Gasteiger partial charge in [0.25, 0.3) is 0 Å². The van der Waals surface area contributed by atoms with Gasteiger partial charge in [-0.05, 0) is 46.5 Å². The predicted molar refractivity (Wildman–Crippen MR) is 101 cm³/mol. The summed E-state index contributed by atoms with van der Waals surface area (Å²) in [5.41, 5.74) is 5.34. The van der Waals surface area contributed by atoms with E-state index >= 15 is 0 Å². The fraction of sp³-hybridized carbons (Fsp3) is 0.867. The lowest BCUT2D eigenvalue weighted by Gasteiger charge is -2.36. The number of halogens is 1. The summed E-state index contributed by atoms with van der Waals surface area (Å²) in [4.78, 5) is 18.4. The lowest BCUT2D eigenvalue weighted by atomic mass is 10.0. The van der Waals surface area contributed by atoms with Crippen molar-refractivity contribution in [2.45, 2.75) is 65.0 Å². The molecule has 0 aromatic carbocycles. The molecular weight excluding hydrogens is 395 g/mol. The maximum atomic E-state index is 12.2. The molecule has 0 aromatic rings. The Balaban J connectivity index is 0.00000441. The highest BCUT2D eigenvalue weighted by molar-refractivity contribution is 14.0. The standard InChI is InChI=1S/C15H30N4O2.HI/c1-5-9-17-13(16)18-11-12-8-6-7-10-19(12)14(20)21-15(2,3)4;/h12H,5-11H2,1-4H3,(H3,16,17,18);1H. The zero-order valence-electron chi connectivity index (χ0n) is 14.2. The minimum atomic E-state index is -0.468. The molecular formula is C15H31IN4O2. The average Bonchev–Trinajstić information content (AvgIpc) is 2.41. The van der Waals surface area contributed by atoms with Crippen molar-refractivity contribution < 1.29 is 9.53 Å². The number of nitrogens with one attached hydrogen (secondary N) is 1. The quantitative estimate of drug-likeness (QED) is 0.412. The van der Waals surface area contributed by atoms with Crippen molar-refractivity contribution in [2.24, 2.45) is 10.7 Å². The van der Waals surface area contributed by atoms with Crippen LogP contribution in [0.1, 0.15) is 53.4 Å². The van der Waals surface area contributed by atoms with E-state index in [1.807, 2.05) is 20.8 Å². The van der Waals surface area contributed by atoms with Crippen LogP contribution in [0.2, 0.25) is 0 Å². The largest absolute Gasteiger partial charge is 0.444 e. The first-order valence-electron chi connectivity index (χ1n) is 7.87. The van der Waals surface area contributed by atoms with Crippen LogP contribution in [-0.2, 0) is 4.74 Å².